The van der Waals surface area contributed by atoms with E-state index in [9.17, 15) is 9.59 Å². The van der Waals surface area contributed by atoms with Crippen molar-refractivity contribution < 1.29 is 9.59 Å². The molecule has 0 saturated carbocycles. The van der Waals surface area contributed by atoms with E-state index in [1.807, 2.05) is 48.5 Å². The van der Waals surface area contributed by atoms with Crippen LogP contribution in [0.25, 0.3) is 5.57 Å². The predicted molar refractivity (Wildman–Crippen MR) is 85.8 cm³/mol. The van der Waals surface area contributed by atoms with E-state index in [0.717, 1.165) is 21.3 Å². The fraction of sp³-hybridized carbons (Fsp3) is 0.0588. The van der Waals surface area contributed by atoms with Gasteiger partial charge in [-0.15, -0.1) is 0 Å². The molecule has 0 fully saturated rings. The van der Waals surface area contributed by atoms with Gasteiger partial charge >= 0.3 is 0 Å². The van der Waals surface area contributed by atoms with Gasteiger partial charge in [0.15, 0.2) is 0 Å². The Hall–Kier alpha value is -2.20. The third-order valence-electron chi connectivity index (χ3n) is 3.45. The molecule has 0 aliphatic carbocycles. The number of benzene rings is 2. The number of anilines is 1. The third kappa shape index (κ3) is 2.43. The largest absolute Gasteiger partial charge is 0.303 e. The first kappa shape index (κ1) is 13.8. The predicted octanol–water partition coefficient (Wildman–Crippen LogP) is 3.58. The van der Waals surface area contributed by atoms with E-state index in [4.69, 9.17) is 0 Å². The molecule has 3 rings (SSSR count). The Morgan fingerprint density at radius 1 is 1.05 bits per heavy atom. The highest BCUT2D eigenvalue weighted by Gasteiger charge is 2.33. The van der Waals surface area contributed by atoms with Crippen molar-refractivity contribution in [2.75, 3.05) is 4.90 Å². The molecule has 0 atom stereocenters. The summed E-state index contributed by atoms with van der Waals surface area (Å²) in [5.41, 5.74) is 3.09. The number of allylic oxidation sites excluding steroid dienone is 1. The quantitative estimate of drug-likeness (QED) is 0.632. The molecule has 0 aromatic heterocycles. The van der Waals surface area contributed by atoms with Crippen molar-refractivity contribution in [3.63, 3.8) is 0 Å². The number of carbonyl (C=O) groups is 2. The molecule has 3 nitrogen and oxygen atoms in total. The third-order valence-corrected chi connectivity index (χ3v) is 4.11. The second-order valence-corrected chi connectivity index (χ2v) is 5.58. The van der Waals surface area contributed by atoms with Crippen LogP contribution < -0.4 is 4.90 Å². The minimum atomic E-state index is -0.146. The molecular weight excluding hydrogens is 330 g/mol. The Kier molecular flexibility index (Phi) is 3.71. The first-order chi connectivity index (χ1) is 10.2. The van der Waals surface area contributed by atoms with Gasteiger partial charge in [0.05, 0.1) is 17.8 Å². The number of aldehydes is 1. The Morgan fingerprint density at radius 2 is 1.81 bits per heavy atom. The van der Waals surface area contributed by atoms with Gasteiger partial charge in [0.25, 0.3) is 5.91 Å². The fourth-order valence-electron chi connectivity index (χ4n) is 2.51. The normalized spacial score (nSPS) is 15.4. The van der Waals surface area contributed by atoms with Gasteiger partial charge in [0.1, 0.15) is 6.29 Å². The molecule has 0 bridgehead atoms. The summed E-state index contributed by atoms with van der Waals surface area (Å²) in [5, 5.41) is 0. The van der Waals surface area contributed by atoms with Crippen molar-refractivity contribution >= 4 is 39.4 Å². The highest BCUT2D eigenvalue weighted by molar-refractivity contribution is 9.10. The summed E-state index contributed by atoms with van der Waals surface area (Å²) < 4.78 is 0.817. The monoisotopic (exact) mass is 341 g/mol. The molecule has 0 saturated heterocycles. The molecule has 1 aliphatic rings. The number of amides is 1. The van der Waals surface area contributed by atoms with E-state index in [1.54, 1.807) is 4.90 Å². The molecular formula is C17H12BrNO2. The van der Waals surface area contributed by atoms with Crippen LogP contribution in [-0.2, 0) is 16.1 Å². The van der Waals surface area contributed by atoms with Gasteiger partial charge < -0.3 is 4.90 Å². The van der Waals surface area contributed by atoms with Crippen molar-refractivity contribution in [1.82, 2.24) is 0 Å². The van der Waals surface area contributed by atoms with Crippen LogP contribution in [0.2, 0.25) is 0 Å². The number of halogens is 1. The Bertz CT molecular complexity index is 738. The number of hydrogen-bond donors (Lipinski definition) is 0. The van der Waals surface area contributed by atoms with E-state index >= 15 is 0 Å². The van der Waals surface area contributed by atoms with Gasteiger partial charge in [-0.2, -0.15) is 0 Å². The lowest BCUT2D eigenvalue weighted by atomic mass is 10.1. The van der Waals surface area contributed by atoms with E-state index in [2.05, 4.69) is 15.9 Å². The summed E-state index contributed by atoms with van der Waals surface area (Å²) in [6.45, 7) is 0.485. The van der Waals surface area contributed by atoms with E-state index in [1.165, 1.54) is 6.08 Å². The summed E-state index contributed by atoms with van der Waals surface area (Å²) in [6.07, 6.45) is 1.99. The topological polar surface area (TPSA) is 37.4 Å². The Labute approximate surface area is 131 Å². The molecule has 2 aromatic carbocycles. The Balaban J connectivity index is 2.08. The Morgan fingerprint density at radius 3 is 2.52 bits per heavy atom. The number of nitrogens with zero attached hydrogens (tertiary/aromatic N) is 1. The molecule has 2 aromatic rings. The van der Waals surface area contributed by atoms with Gasteiger partial charge in [0.2, 0.25) is 0 Å². The summed E-state index contributed by atoms with van der Waals surface area (Å²) in [7, 11) is 0. The molecule has 4 heteroatoms. The van der Waals surface area contributed by atoms with Crippen molar-refractivity contribution in [1.29, 1.82) is 0 Å². The van der Waals surface area contributed by atoms with Gasteiger partial charge in [-0.1, -0.05) is 52.3 Å². The molecule has 0 unspecified atom stereocenters. The highest BCUT2D eigenvalue weighted by Crippen LogP contribution is 2.41. The SMILES string of the molecule is O=C/C=C1\C(=O)N(Cc2ccccc2)c2cccc(Br)c21. The maximum absolute atomic E-state index is 12.6. The molecule has 0 N–H and O–H groups in total. The van der Waals surface area contributed by atoms with Gasteiger partial charge in [-0.05, 0) is 23.8 Å². The summed E-state index contributed by atoms with van der Waals surface area (Å²) in [5.74, 6) is -0.146. The number of carbonyl (C=O) groups excluding carboxylic acids is 2. The number of hydrogen-bond acceptors (Lipinski definition) is 2. The second kappa shape index (κ2) is 5.66. The van der Waals surface area contributed by atoms with Gasteiger partial charge in [-0.3, -0.25) is 9.59 Å². The van der Waals surface area contributed by atoms with Gasteiger partial charge in [-0.25, -0.2) is 0 Å². The van der Waals surface area contributed by atoms with E-state index in [-0.39, 0.29) is 5.91 Å². The molecule has 21 heavy (non-hydrogen) atoms. The summed E-state index contributed by atoms with van der Waals surface area (Å²) in [4.78, 5) is 25.1. The van der Waals surface area contributed by atoms with Crippen LogP contribution in [0.3, 0.4) is 0 Å². The minimum absolute atomic E-state index is 0.146. The fourth-order valence-corrected chi connectivity index (χ4v) is 3.08. The first-order valence-corrected chi connectivity index (χ1v) is 7.32. The lowest BCUT2D eigenvalue weighted by Crippen LogP contribution is -2.25. The average molecular weight is 342 g/mol. The van der Waals surface area contributed by atoms with Crippen molar-refractivity contribution in [2.24, 2.45) is 0 Å². The molecule has 1 heterocycles. The summed E-state index contributed by atoms with van der Waals surface area (Å²) in [6, 6.07) is 15.4. The molecule has 0 radical (unpaired) electrons. The average Bonchev–Trinajstić information content (AvgIpc) is 2.76. The van der Waals surface area contributed by atoms with Crippen LogP contribution in [0.15, 0.2) is 59.1 Å². The van der Waals surface area contributed by atoms with Crippen LogP contribution in [0.1, 0.15) is 11.1 Å². The van der Waals surface area contributed by atoms with Crippen molar-refractivity contribution in [3.8, 4) is 0 Å². The van der Waals surface area contributed by atoms with Crippen molar-refractivity contribution in [2.45, 2.75) is 6.54 Å². The standard InChI is InChI=1S/C17H12BrNO2/c18-14-7-4-8-15-16(14)13(9-10-20)17(21)19(15)11-12-5-2-1-3-6-12/h1-10H,11H2/b13-9-. The van der Waals surface area contributed by atoms with Crippen molar-refractivity contribution in [3.05, 3.63) is 70.2 Å². The smallest absolute Gasteiger partial charge is 0.259 e. The van der Waals surface area contributed by atoms with Gasteiger partial charge in [0, 0.05) is 10.0 Å². The number of fused-ring (bicyclic) bond motifs is 1. The lowest BCUT2D eigenvalue weighted by Gasteiger charge is -2.17. The zero-order chi connectivity index (χ0) is 14.8. The van der Waals surface area contributed by atoms with Crippen LogP contribution in [-0.4, -0.2) is 12.2 Å². The molecule has 1 aliphatic heterocycles. The zero-order valence-electron chi connectivity index (χ0n) is 11.1. The zero-order valence-corrected chi connectivity index (χ0v) is 12.7. The highest BCUT2D eigenvalue weighted by atomic mass is 79.9. The second-order valence-electron chi connectivity index (χ2n) is 4.73. The summed E-state index contributed by atoms with van der Waals surface area (Å²) >= 11 is 3.46. The lowest BCUT2D eigenvalue weighted by molar-refractivity contribution is -0.113. The number of rotatable bonds is 3. The van der Waals surface area contributed by atoms with Crippen LogP contribution in [0.4, 0.5) is 5.69 Å². The molecule has 1 amide bonds. The first-order valence-electron chi connectivity index (χ1n) is 6.52. The van der Waals surface area contributed by atoms with Crippen LogP contribution in [0, 0.1) is 0 Å². The maximum atomic E-state index is 12.6. The maximum Gasteiger partial charge on any atom is 0.259 e. The van der Waals surface area contributed by atoms with Crippen LogP contribution in [0.5, 0.6) is 0 Å². The molecule has 104 valence electrons. The van der Waals surface area contributed by atoms with E-state index in [0.29, 0.717) is 18.4 Å². The van der Waals surface area contributed by atoms with Crippen LogP contribution >= 0.6 is 15.9 Å². The van der Waals surface area contributed by atoms with E-state index < -0.39 is 0 Å². The molecule has 0 spiro atoms. The minimum Gasteiger partial charge on any atom is -0.303 e.